The highest BCUT2D eigenvalue weighted by Crippen LogP contribution is 2.24. The van der Waals surface area contributed by atoms with Crippen LogP contribution in [0.15, 0.2) is 15.8 Å². The number of hydrogen-bond acceptors (Lipinski definition) is 5. The van der Waals surface area contributed by atoms with E-state index in [9.17, 15) is 24.5 Å². The summed E-state index contributed by atoms with van der Waals surface area (Å²) < 4.78 is 1.61. The van der Waals surface area contributed by atoms with E-state index in [1.165, 1.54) is 7.05 Å². The van der Waals surface area contributed by atoms with Crippen LogP contribution in [0.2, 0.25) is 0 Å². The molecule has 1 fully saturated rings. The highest BCUT2D eigenvalue weighted by Gasteiger charge is 2.25. The molecule has 21 heavy (non-hydrogen) atoms. The molecule has 0 aliphatic heterocycles. The maximum absolute atomic E-state index is 12.2. The molecule has 0 saturated heterocycles. The average Bonchev–Trinajstić information content (AvgIpc) is 2.47. The molecule has 8 nitrogen and oxygen atoms in total. The lowest BCUT2D eigenvalue weighted by Gasteiger charge is -2.20. The molecule has 1 heterocycles. The molecule has 0 amide bonds. The van der Waals surface area contributed by atoms with Crippen LogP contribution in [-0.2, 0) is 18.4 Å². The van der Waals surface area contributed by atoms with E-state index in [0.29, 0.717) is 4.57 Å². The summed E-state index contributed by atoms with van der Waals surface area (Å²) in [6, 6.07) is 0. The van der Waals surface area contributed by atoms with E-state index in [1.54, 1.807) is 0 Å². The van der Waals surface area contributed by atoms with Gasteiger partial charge in [-0.3, -0.25) is 24.3 Å². The Labute approximate surface area is 120 Å². The SMILES string of the molecule is Cn1cc([N+](=O)[O-])c(=O)n(CC(=O)C2CCCCC2)c1=O. The van der Waals surface area contributed by atoms with E-state index in [4.69, 9.17) is 0 Å². The zero-order chi connectivity index (χ0) is 15.6. The molecule has 2 rings (SSSR count). The molecular formula is C13H17N3O5. The number of nitro groups is 1. The number of rotatable bonds is 4. The van der Waals surface area contributed by atoms with E-state index in [2.05, 4.69) is 0 Å². The van der Waals surface area contributed by atoms with Gasteiger partial charge in [-0.25, -0.2) is 9.36 Å². The number of aromatic nitrogens is 2. The second-order valence-corrected chi connectivity index (χ2v) is 5.36. The van der Waals surface area contributed by atoms with Crippen LogP contribution in [0.3, 0.4) is 0 Å². The molecule has 1 aliphatic rings. The Hall–Kier alpha value is -2.25. The van der Waals surface area contributed by atoms with Crippen molar-refractivity contribution in [3.8, 4) is 0 Å². The highest BCUT2D eigenvalue weighted by atomic mass is 16.6. The third-order valence-electron chi connectivity index (χ3n) is 3.88. The molecule has 8 heteroatoms. The van der Waals surface area contributed by atoms with E-state index in [0.717, 1.165) is 42.9 Å². The molecular weight excluding hydrogens is 278 g/mol. The minimum Gasteiger partial charge on any atom is -0.297 e. The van der Waals surface area contributed by atoms with Crippen molar-refractivity contribution < 1.29 is 9.72 Å². The molecule has 0 radical (unpaired) electrons. The molecule has 1 saturated carbocycles. The quantitative estimate of drug-likeness (QED) is 0.597. The fraction of sp³-hybridized carbons (Fsp3) is 0.615. The number of aryl methyl sites for hydroxylation is 1. The number of ketones is 1. The molecule has 0 aromatic carbocycles. The van der Waals surface area contributed by atoms with Gasteiger partial charge in [0.2, 0.25) is 0 Å². The lowest BCUT2D eigenvalue weighted by atomic mass is 9.86. The number of carbonyl (C=O) groups is 1. The first-order chi connectivity index (χ1) is 9.91. The molecule has 1 aliphatic carbocycles. The molecule has 0 spiro atoms. The van der Waals surface area contributed by atoms with Crippen LogP contribution < -0.4 is 11.2 Å². The van der Waals surface area contributed by atoms with Crippen LogP contribution in [0.5, 0.6) is 0 Å². The van der Waals surface area contributed by atoms with Crippen LogP contribution in [0.4, 0.5) is 5.69 Å². The summed E-state index contributed by atoms with van der Waals surface area (Å²) in [5.74, 6) is -0.357. The van der Waals surface area contributed by atoms with Gasteiger partial charge in [0, 0.05) is 13.0 Å². The molecule has 0 bridgehead atoms. The number of nitrogens with zero attached hydrogens (tertiary/aromatic N) is 3. The van der Waals surface area contributed by atoms with Gasteiger partial charge in [0.15, 0.2) is 5.78 Å². The standard InChI is InChI=1S/C13H17N3O5/c1-14-7-10(16(20)21)12(18)15(13(14)19)8-11(17)9-5-3-2-4-6-9/h7,9H,2-6,8H2,1H3. The Balaban J connectivity index is 2.35. The van der Waals surface area contributed by atoms with Crippen molar-refractivity contribution in [3.05, 3.63) is 37.1 Å². The summed E-state index contributed by atoms with van der Waals surface area (Å²) in [5, 5.41) is 10.8. The highest BCUT2D eigenvalue weighted by molar-refractivity contribution is 5.80. The molecule has 114 valence electrons. The molecule has 0 atom stereocenters. The lowest BCUT2D eigenvalue weighted by Crippen LogP contribution is -2.42. The fourth-order valence-corrected chi connectivity index (χ4v) is 2.68. The van der Waals surface area contributed by atoms with Crippen molar-refractivity contribution >= 4 is 11.5 Å². The Morgan fingerprint density at radius 2 is 1.95 bits per heavy atom. The van der Waals surface area contributed by atoms with Crippen LogP contribution in [0, 0.1) is 16.0 Å². The van der Waals surface area contributed by atoms with E-state index >= 15 is 0 Å². The largest absolute Gasteiger partial charge is 0.350 e. The topological polar surface area (TPSA) is 104 Å². The first kappa shape index (κ1) is 15.1. The number of hydrogen-bond donors (Lipinski definition) is 0. The maximum Gasteiger partial charge on any atom is 0.350 e. The minimum absolute atomic E-state index is 0.158. The van der Waals surface area contributed by atoms with Crippen molar-refractivity contribution in [1.29, 1.82) is 0 Å². The number of carbonyl (C=O) groups excluding carboxylic acids is 1. The lowest BCUT2D eigenvalue weighted by molar-refractivity contribution is -0.387. The third kappa shape index (κ3) is 3.09. The van der Waals surface area contributed by atoms with Crippen molar-refractivity contribution in [2.24, 2.45) is 13.0 Å². The van der Waals surface area contributed by atoms with Crippen LogP contribution in [-0.4, -0.2) is 19.8 Å². The van der Waals surface area contributed by atoms with Gasteiger partial charge >= 0.3 is 16.9 Å². The summed E-state index contributed by atoms with van der Waals surface area (Å²) in [6.07, 6.45) is 5.39. The van der Waals surface area contributed by atoms with Gasteiger partial charge < -0.3 is 0 Å². The van der Waals surface area contributed by atoms with Gasteiger partial charge in [0.1, 0.15) is 0 Å². The fourth-order valence-electron chi connectivity index (χ4n) is 2.68. The van der Waals surface area contributed by atoms with Gasteiger partial charge in [-0.05, 0) is 12.8 Å². The normalized spacial score (nSPS) is 15.9. The zero-order valence-corrected chi connectivity index (χ0v) is 11.8. The average molecular weight is 295 g/mol. The second-order valence-electron chi connectivity index (χ2n) is 5.36. The first-order valence-electron chi connectivity index (χ1n) is 6.89. The Morgan fingerprint density at radius 3 is 2.52 bits per heavy atom. The maximum atomic E-state index is 12.2. The van der Waals surface area contributed by atoms with Gasteiger partial charge in [0.05, 0.1) is 17.7 Å². The number of Topliss-reactive ketones (excluding diaryl/α,β-unsaturated/α-hetero) is 1. The molecule has 0 unspecified atom stereocenters. The third-order valence-corrected chi connectivity index (χ3v) is 3.88. The smallest absolute Gasteiger partial charge is 0.297 e. The predicted octanol–water partition coefficient (Wildman–Crippen LogP) is 0.605. The zero-order valence-electron chi connectivity index (χ0n) is 11.8. The van der Waals surface area contributed by atoms with Crippen molar-refractivity contribution in [3.63, 3.8) is 0 Å². The summed E-state index contributed by atoms with van der Waals surface area (Å²) in [7, 11) is 1.32. The van der Waals surface area contributed by atoms with Crippen LogP contribution in [0.1, 0.15) is 32.1 Å². The predicted molar refractivity (Wildman–Crippen MR) is 74.2 cm³/mol. The Morgan fingerprint density at radius 1 is 1.33 bits per heavy atom. The summed E-state index contributed by atoms with van der Waals surface area (Å²) >= 11 is 0. The first-order valence-corrected chi connectivity index (χ1v) is 6.89. The monoisotopic (exact) mass is 295 g/mol. The summed E-state index contributed by atoms with van der Waals surface area (Å²) in [5.41, 5.74) is -2.43. The second kappa shape index (κ2) is 6.02. The minimum atomic E-state index is -1.02. The van der Waals surface area contributed by atoms with Gasteiger partial charge in [-0.2, -0.15) is 0 Å². The van der Waals surface area contributed by atoms with Gasteiger partial charge in [-0.15, -0.1) is 0 Å². The van der Waals surface area contributed by atoms with Crippen LogP contribution in [0.25, 0.3) is 0 Å². The van der Waals surface area contributed by atoms with Gasteiger partial charge in [-0.1, -0.05) is 19.3 Å². The molecule has 1 aromatic rings. The van der Waals surface area contributed by atoms with Crippen LogP contribution >= 0.6 is 0 Å². The van der Waals surface area contributed by atoms with E-state index < -0.39 is 28.4 Å². The van der Waals surface area contributed by atoms with E-state index in [-0.39, 0.29) is 11.7 Å². The summed E-state index contributed by atoms with van der Waals surface area (Å²) in [4.78, 5) is 46.1. The Kier molecular flexibility index (Phi) is 4.35. The van der Waals surface area contributed by atoms with Crippen molar-refractivity contribution in [1.82, 2.24) is 9.13 Å². The summed E-state index contributed by atoms with van der Waals surface area (Å²) in [6.45, 7) is -0.391. The molecule has 0 N–H and O–H groups in total. The van der Waals surface area contributed by atoms with Crippen molar-refractivity contribution in [2.45, 2.75) is 38.6 Å². The van der Waals surface area contributed by atoms with Gasteiger partial charge in [0.25, 0.3) is 0 Å². The van der Waals surface area contributed by atoms with E-state index in [1.807, 2.05) is 0 Å². The Bertz CT molecular complexity index is 682. The van der Waals surface area contributed by atoms with Crippen molar-refractivity contribution in [2.75, 3.05) is 0 Å². The molecule has 1 aromatic heterocycles.